The number of anilines is 1. The SMILES string of the molecule is Cc1ccc(NC(=O)[C@@H](C)OC(=O)CN2C(=O)N[C@@](C)(c3ccccc3)C2=O)c(C)c1. The second-order valence-corrected chi connectivity index (χ2v) is 7.75. The van der Waals surface area contributed by atoms with Crippen LogP contribution in [0.2, 0.25) is 0 Å². The van der Waals surface area contributed by atoms with Crippen LogP contribution in [0, 0.1) is 13.8 Å². The monoisotopic (exact) mass is 423 g/mol. The number of nitrogens with zero attached hydrogens (tertiary/aromatic N) is 1. The highest BCUT2D eigenvalue weighted by atomic mass is 16.5. The fourth-order valence-electron chi connectivity index (χ4n) is 3.41. The van der Waals surface area contributed by atoms with Crippen molar-refractivity contribution in [3.8, 4) is 0 Å². The van der Waals surface area contributed by atoms with E-state index in [2.05, 4.69) is 10.6 Å². The van der Waals surface area contributed by atoms with Crippen LogP contribution in [0.1, 0.15) is 30.5 Å². The fraction of sp³-hybridized carbons (Fsp3) is 0.304. The molecule has 2 aromatic rings. The number of benzene rings is 2. The van der Waals surface area contributed by atoms with Gasteiger partial charge in [-0.05, 0) is 44.9 Å². The maximum Gasteiger partial charge on any atom is 0.327 e. The summed E-state index contributed by atoms with van der Waals surface area (Å²) in [5.41, 5.74) is 1.89. The summed E-state index contributed by atoms with van der Waals surface area (Å²) in [5, 5.41) is 5.33. The number of imide groups is 1. The van der Waals surface area contributed by atoms with Crippen LogP contribution in [0.25, 0.3) is 0 Å². The molecular weight excluding hydrogens is 398 g/mol. The molecular formula is C23H25N3O5. The van der Waals surface area contributed by atoms with Gasteiger partial charge in [-0.15, -0.1) is 0 Å². The number of rotatable bonds is 6. The van der Waals surface area contributed by atoms with Crippen molar-refractivity contribution in [2.75, 3.05) is 11.9 Å². The van der Waals surface area contributed by atoms with E-state index >= 15 is 0 Å². The first-order valence-corrected chi connectivity index (χ1v) is 9.89. The summed E-state index contributed by atoms with van der Waals surface area (Å²) in [7, 11) is 0. The highest BCUT2D eigenvalue weighted by Crippen LogP contribution is 2.28. The van der Waals surface area contributed by atoms with Crippen molar-refractivity contribution in [3.63, 3.8) is 0 Å². The molecule has 0 unspecified atom stereocenters. The summed E-state index contributed by atoms with van der Waals surface area (Å²) >= 11 is 0. The van der Waals surface area contributed by atoms with Crippen molar-refractivity contribution in [2.45, 2.75) is 39.3 Å². The number of aryl methyl sites for hydroxylation is 2. The number of ether oxygens (including phenoxy) is 1. The van der Waals surface area contributed by atoms with Crippen molar-refractivity contribution in [3.05, 3.63) is 65.2 Å². The highest BCUT2D eigenvalue weighted by Gasteiger charge is 2.49. The number of carbonyl (C=O) groups is 4. The van der Waals surface area contributed by atoms with Crippen molar-refractivity contribution in [1.82, 2.24) is 10.2 Å². The second-order valence-electron chi connectivity index (χ2n) is 7.75. The maximum atomic E-state index is 12.9. The molecule has 1 aliphatic heterocycles. The molecule has 8 nitrogen and oxygen atoms in total. The van der Waals surface area contributed by atoms with Gasteiger partial charge in [-0.3, -0.25) is 19.3 Å². The van der Waals surface area contributed by atoms with Crippen LogP contribution in [-0.4, -0.2) is 41.4 Å². The van der Waals surface area contributed by atoms with Crippen LogP contribution in [0.15, 0.2) is 48.5 Å². The number of esters is 1. The first-order chi connectivity index (χ1) is 14.6. The van der Waals surface area contributed by atoms with Gasteiger partial charge in [0.05, 0.1) is 0 Å². The molecule has 0 aliphatic carbocycles. The minimum atomic E-state index is -1.27. The quantitative estimate of drug-likeness (QED) is 0.549. The Morgan fingerprint density at radius 1 is 1.13 bits per heavy atom. The summed E-state index contributed by atoms with van der Waals surface area (Å²) in [6, 6.07) is 13.6. The van der Waals surface area contributed by atoms with E-state index < -0.39 is 42.0 Å². The number of urea groups is 1. The average Bonchev–Trinajstić information content (AvgIpc) is 2.94. The molecule has 162 valence electrons. The Labute approximate surface area is 180 Å². The largest absolute Gasteiger partial charge is 0.451 e. The van der Waals surface area contributed by atoms with Gasteiger partial charge in [0, 0.05) is 5.69 Å². The third-order valence-corrected chi connectivity index (χ3v) is 5.23. The molecule has 0 aromatic heterocycles. The molecule has 0 bridgehead atoms. The van der Waals surface area contributed by atoms with E-state index in [1.54, 1.807) is 43.3 Å². The lowest BCUT2D eigenvalue weighted by Gasteiger charge is -2.22. The minimum absolute atomic E-state index is 0.508. The van der Waals surface area contributed by atoms with Gasteiger partial charge in [0.1, 0.15) is 12.1 Å². The fourth-order valence-corrected chi connectivity index (χ4v) is 3.41. The van der Waals surface area contributed by atoms with E-state index in [4.69, 9.17) is 4.74 Å². The van der Waals surface area contributed by atoms with Gasteiger partial charge in [-0.2, -0.15) is 0 Å². The zero-order chi connectivity index (χ0) is 22.8. The Morgan fingerprint density at radius 2 is 1.81 bits per heavy atom. The second kappa shape index (κ2) is 8.59. The lowest BCUT2D eigenvalue weighted by atomic mass is 9.92. The van der Waals surface area contributed by atoms with Crippen LogP contribution in [0.5, 0.6) is 0 Å². The van der Waals surface area contributed by atoms with Gasteiger partial charge in [-0.1, -0.05) is 48.0 Å². The zero-order valence-corrected chi connectivity index (χ0v) is 17.9. The molecule has 31 heavy (non-hydrogen) atoms. The zero-order valence-electron chi connectivity index (χ0n) is 17.9. The molecule has 0 radical (unpaired) electrons. The molecule has 1 aliphatic rings. The van der Waals surface area contributed by atoms with E-state index in [0.29, 0.717) is 11.3 Å². The Balaban J connectivity index is 1.61. The normalized spacial score (nSPS) is 19.0. The summed E-state index contributed by atoms with van der Waals surface area (Å²) < 4.78 is 5.16. The predicted molar refractivity (Wildman–Crippen MR) is 114 cm³/mol. The molecule has 1 saturated heterocycles. The van der Waals surface area contributed by atoms with E-state index in [0.717, 1.165) is 16.0 Å². The van der Waals surface area contributed by atoms with Gasteiger partial charge in [0.25, 0.3) is 11.8 Å². The Kier molecular flexibility index (Phi) is 6.10. The van der Waals surface area contributed by atoms with Crippen LogP contribution < -0.4 is 10.6 Å². The van der Waals surface area contributed by atoms with Gasteiger partial charge in [-0.25, -0.2) is 4.79 Å². The van der Waals surface area contributed by atoms with Gasteiger partial charge < -0.3 is 15.4 Å². The lowest BCUT2D eigenvalue weighted by molar-refractivity contribution is -0.155. The number of amides is 4. The topological polar surface area (TPSA) is 105 Å². The number of carbonyl (C=O) groups excluding carboxylic acids is 4. The number of nitrogens with one attached hydrogen (secondary N) is 2. The average molecular weight is 423 g/mol. The summed E-state index contributed by atoms with van der Waals surface area (Å²) in [6.07, 6.45) is -1.10. The molecule has 4 amide bonds. The summed E-state index contributed by atoms with van der Waals surface area (Å²) in [4.78, 5) is 50.7. The van der Waals surface area contributed by atoms with E-state index in [-0.39, 0.29) is 0 Å². The van der Waals surface area contributed by atoms with Crippen molar-refractivity contribution >= 4 is 29.5 Å². The molecule has 2 aromatic carbocycles. The molecule has 1 fully saturated rings. The molecule has 0 saturated carbocycles. The number of hydrogen-bond acceptors (Lipinski definition) is 5. The number of hydrogen-bond donors (Lipinski definition) is 2. The molecule has 1 heterocycles. The van der Waals surface area contributed by atoms with Crippen molar-refractivity contribution < 1.29 is 23.9 Å². The van der Waals surface area contributed by atoms with Crippen LogP contribution >= 0.6 is 0 Å². The Hall–Kier alpha value is -3.68. The van der Waals surface area contributed by atoms with Crippen LogP contribution in [-0.2, 0) is 24.7 Å². The van der Waals surface area contributed by atoms with Gasteiger partial charge in [0.2, 0.25) is 0 Å². The first-order valence-electron chi connectivity index (χ1n) is 9.89. The smallest absolute Gasteiger partial charge is 0.327 e. The van der Waals surface area contributed by atoms with Gasteiger partial charge in [0.15, 0.2) is 6.10 Å². The molecule has 3 rings (SSSR count). The minimum Gasteiger partial charge on any atom is -0.451 e. The van der Waals surface area contributed by atoms with E-state index in [1.165, 1.54) is 6.92 Å². The first kappa shape index (κ1) is 22.0. The van der Waals surface area contributed by atoms with E-state index in [9.17, 15) is 19.2 Å². The van der Waals surface area contributed by atoms with Crippen molar-refractivity contribution in [1.29, 1.82) is 0 Å². The van der Waals surface area contributed by atoms with Gasteiger partial charge >= 0.3 is 12.0 Å². The third kappa shape index (κ3) is 4.58. The predicted octanol–water partition coefficient (Wildman–Crippen LogP) is 2.64. The Morgan fingerprint density at radius 3 is 2.45 bits per heavy atom. The summed E-state index contributed by atoms with van der Waals surface area (Å²) in [6.45, 7) is 6.22. The lowest BCUT2D eigenvalue weighted by Crippen LogP contribution is -2.42. The molecule has 0 spiro atoms. The molecule has 8 heteroatoms. The molecule has 2 atom stereocenters. The highest BCUT2D eigenvalue weighted by molar-refractivity contribution is 6.09. The maximum absolute atomic E-state index is 12.9. The van der Waals surface area contributed by atoms with E-state index in [1.807, 2.05) is 26.0 Å². The summed E-state index contributed by atoms with van der Waals surface area (Å²) in [5.74, 6) is -1.93. The molecule has 2 N–H and O–H groups in total. The Bertz CT molecular complexity index is 1040. The van der Waals surface area contributed by atoms with Crippen LogP contribution in [0.3, 0.4) is 0 Å². The standard InChI is InChI=1S/C23H25N3O5/c1-14-10-11-18(15(2)12-14)24-20(28)16(3)31-19(27)13-26-21(29)23(4,25-22(26)30)17-8-6-5-7-9-17/h5-12,16H,13H2,1-4H3,(H,24,28)(H,25,30)/t16-,23+/m1/s1. The van der Waals surface area contributed by atoms with Crippen LogP contribution in [0.4, 0.5) is 10.5 Å². The van der Waals surface area contributed by atoms with Crippen molar-refractivity contribution in [2.24, 2.45) is 0 Å². The third-order valence-electron chi connectivity index (χ3n) is 5.23.